The number of benzene rings is 1. The third-order valence-corrected chi connectivity index (χ3v) is 2.99. The number of alkyl halides is 1. The lowest BCUT2D eigenvalue weighted by atomic mass is 9.86. The van der Waals surface area contributed by atoms with Crippen LogP contribution in [0.25, 0.3) is 0 Å². The predicted octanol–water partition coefficient (Wildman–Crippen LogP) is 3.42. The zero-order valence-corrected chi connectivity index (χ0v) is 10.00. The van der Waals surface area contributed by atoms with Gasteiger partial charge in [-0.25, -0.2) is 0 Å². The third kappa shape index (κ3) is 2.44. The Morgan fingerprint density at radius 2 is 1.85 bits per heavy atom. The highest BCUT2D eigenvalue weighted by molar-refractivity contribution is 14.1. The van der Waals surface area contributed by atoms with Crippen LogP contribution in [0, 0.1) is 11.3 Å². The van der Waals surface area contributed by atoms with Crippen molar-refractivity contribution in [3.05, 3.63) is 35.4 Å². The highest BCUT2D eigenvalue weighted by atomic mass is 127. The third-order valence-electron chi connectivity index (χ3n) is 2.11. The molecular formula is C11H12IN. The van der Waals surface area contributed by atoms with Crippen molar-refractivity contribution in [3.63, 3.8) is 0 Å². The lowest BCUT2D eigenvalue weighted by molar-refractivity contribution is 0.686. The van der Waals surface area contributed by atoms with E-state index in [2.05, 4.69) is 40.8 Å². The molecule has 0 bridgehead atoms. The van der Waals surface area contributed by atoms with E-state index in [1.54, 1.807) is 0 Å². The van der Waals surface area contributed by atoms with E-state index < -0.39 is 0 Å². The molecule has 0 spiro atoms. The zero-order valence-electron chi connectivity index (χ0n) is 7.84. The Morgan fingerprint density at radius 1 is 1.31 bits per heavy atom. The average molecular weight is 285 g/mol. The van der Waals surface area contributed by atoms with Gasteiger partial charge in [-0.05, 0) is 25.0 Å². The molecule has 0 aliphatic heterocycles. The molecule has 1 rings (SSSR count). The minimum Gasteiger partial charge on any atom is -0.197 e. The summed E-state index contributed by atoms with van der Waals surface area (Å²) in [6.45, 7) is 3.87. The van der Waals surface area contributed by atoms with Crippen LogP contribution < -0.4 is 0 Å². The van der Waals surface area contributed by atoms with Crippen LogP contribution in [0.3, 0.4) is 0 Å². The molecule has 0 aliphatic carbocycles. The Morgan fingerprint density at radius 3 is 2.23 bits per heavy atom. The summed E-state index contributed by atoms with van der Waals surface area (Å²) in [5.41, 5.74) is 2.02. The molecule has 13 heavy (non-hydrogen) atoms. The molecule has 2 heteroatoms. The molecule has 0 radical (unpaired) electrons. The summed E-state index contributed by atoms with van der Waals surface area (Å²) in [5, 5.41) is 8.92. The van der Waals surface area contributed by atoms with Crippen molar-refractivity contribution in [3.8, 4) is 6.07 Å². The molecule has 1 aromatic carbocycles. The Bertz CT molecular complexity index is 319. The first kappa shape index (κ1) is 10.5. The predicted molar refractivity (Wildman–Crippen MR) is 62.8 cm³/mol. The molecule has 68 valence electrons. The standard InChI is InChI=1S/C11H12IN/c1-11(2,8-13)10-5-3-9(7-12)4-6-10/h3-6H,7H2,1-2H3. The number of hydrogen-bond acceptors (Lipinski definition) is 1. The van der Waals surface area contributed by atoms with Crippen LogP contribution in [0.1, 0.15) is 25.0 Å². The first-order chi connectivity index (χ1) is 6.10. The maximum atomic E-state index is 8.92. The molecule has 0 heterocycles. The largest absolute Gasteiger partial charge is 0.197 e. The van der Waals surface area contributed by atoms with Gasteiger partial charge in [0, 0.05) is 4.43 Å². The van der Waals surface area contributed by atoms with Crippen molar-refractivity contribution in [2.45, 2.75) is 23.7 Å². The van der Waals surface area contributed by atoms with Gasteiger partial charge in [-0.1, -0.05) is 46.9 Å². The second-order valence-corrected chi connectivity index (χ2v) is 4.33. The van der Waals surface area contributed by atoms with E-state index in [1.165, 1.54) is 5.56 Å². The molecule has 0 aromatic heterocycles. The van der Waals surface area contributed by atoms with Gasteiger partial charge in [0.15, 0.2) is 0 Å². The van der Waals surface area contributed by atoms with Crippen molar-refractivity contribution in [1.29, 1.82) is 5.26 Å². The van der Waals surface area contributed by atoms with Crippen LogP contribution >= 0.6 is 22.6 Å². The first-order valence-corrected chi connectivity index (χ1v) is 5.69. The lowest BCUT2D eigenvalue weighted by Gasteiger charge is -2.15. The van der Waals surface area contributed by atoms with Crippen molar-refractivity contribution in [1.82, 2.24) is 0 Å². The zero-order chi connectivity index (χ0) is 9.90. The number of hydrogen-bond donors (Lipinski definition) is 0. The van der Waals surface area contributed by atoms with E-state index in [0.29, 0.717) is 0 Å². The number of rotatable bonds is 2. The SMILES string of the molecule is CC(C)(C#N)c1ccc(CI)cc1. The van der Waals surface area contributed by atoms with E-state index in [0.717, 1.165) is 9.99 Å². The van der Waals surface area contributed by atoms with Gasteiger partial charge >= 0.3 is 0 Å². The lowest BCUT2D eigenvalue weighted by Crippen LogP contribution is -2.13. The molecular weight excluding hydrogens is 273 g/mol. The summed E-state index contributed by atoms with van der Waals surface area (Å²) in [7, 11) is 0. The molecule has 0 unspecified atom stereocenters. The highest BCUT2D eigenvalue weighted by Crippen LogP contribution is 2.22. The molecule has 0 saturated heterocycles. The normalized spacial score (nSPS) is 10.9. The molecule has 0 atom stereocenters. The van der Waals surface area contributed by atoms with Gasteiger partial charge in [0.1, 0.15) is 0 Å². The van der Waals surface area contributed by atoms with E-state index in [4.69, 9.17) is 5.26 Å². The average Bonchev–Trinajstić information content (AvgIpc) is 2.18. The van der Waals surface area contributed by atoms with Crippen LogP contribution in [-0.4, -0.2) is 0 Å². The Balaban J connectivity index is 3.00. The molecule has 1 aromatic rings. The van der Waals surface area contributed by atoms with Crippen molar-refractivity contribution < 1.29 is 0 Å². The van der Waals surface area contributed by atoms with Crippen LogP contribution in [0.15, 0.2) is 24.3 Å². The van der Waals surface area contributed by atoms with Gasteiger partial charge in [0.05, 0.1) is 11.5 Å². The van der Waals surface area contributed by atoms with E-state index in [-0.39, 0.29) is 5.41 Å². The summed E-state index contributed by atoms with van der Waals surface area (Å²) < 4.78 is 1.02. The quantitative estimate of drug-likeness (QED) is 0.603. The van der Waals surface area contributed by atoms with Gasteiger partial charge in [-0.2, -0.15) is 5.26 Å². The fourth-order valence-corrected chi connectivity index (χ4v) is 1.58. The van der Waals surface area contributed by atoms with Crippen LogP contribution in [-0.2, 0) is 9.84 Å². The van der Waals surface area contributed by atoms with Crippen molar-refractivity contribution in [2.24, 2.45) is 0 Å². The van der Waals surface area contributed by atoms with Gasteiger partial charge in [-0.3, -0.25) is 0 Å². The second-order valence-electron chi connectivity index (χ2n) is 3.57. The number of nitrogens with zero attached hydrogens (tertiary/aromatic N) is 1. The fraction of sp³-hybridized carbons (Fsp3) is 0.364. The summed E-state index contributed by atoms with van der Waals surface area (Å²) >= 11 is 2.33. The van der Waals surface area contributed by atoms with E-state index in [1.807, 2.05) is 26.0 Å². The Kier molecular flexibility index (Phi) is 3.32. The summed E-state index contributed by atoms with van der Waals surface area (Å²) in [4.78, 5) is 0. The van der Waals surface area contributed by atoms with Crippen molar-refractivity contribution in [2.75, 3.05) is 0 Å². The Labute approximate surface area is 92.9 Å². The topological polar surface area (TPSA) is 23.8 Å². The first-order valence-electron chi connectivity index (χ1n) is 4.17. The summed E-state index contributed by atoms with van der Waals surface area (Å²) in [5.74, 6) is 0. The van der Waals surface area contributed by atoms with Crippen molar-refractivity contribution >= 4 is 22.6 Å². The molecule has 0 saturated carbocycles. The minimum atomic E-state index is -0.371. The summed E-state index contributed by atoms with van der Waals surface area (Å²) in [6, 6.07) is 10.5. The van der Waals surface area contributed by atoms with Gasteiger partial charge in [0.2, 0.25) is 0 Å². The molecule has 0 amide bonds. The highest BCUT2D eigenvalue weighted by Gasteiger charge is 2.18. The maximum absolute atomic E-state index is 8.92. The number of halogens is 1. The Hall–Kier alpha value is -0.560. The van der Waals surface area contributed by atoms with Crippen LogP contribution in [0.5, 0.6) is 0 Å². The number of nitriles is 1. The van der Waals surface area contributed by atoms with Gasteiger partial charge in [0.25, 0.3) is 0 Å². The van der Waals surface area contributed by atoms with Crippen LogP contribution in [0.4, 0.5) is 0 Å². The minimum absolute atomic E-state index is 0.371. The molecule has 0 N–H and O–H groups in total. The molecule has 0 fully saturated rings. The van der Waals surface area contributed by atoms with Gasteiger partial charge in [-0.15, -0.1) is 0 Å². The maximum Gasteiger partial charge on any atom is 0.0766 e. The van der Waals surface area contributed by atoms with Gasteiger partial charge < -0.3 is 0 Å². The molecule has 1 nitrogen and oxygen atoms in total. The molecule has 0 aliphatic rings. The van der Waals surface area contributed by atoms with Crippen LogP contribution in [0.2, 0.25) is 0 Å². The van der Waals surface area contributed by atoms with E-state index >= 15 is 0 Å². The smallest absolute Gasteiger partial charge is 0.0766 e. The second kappa shape index (κ2) is 4.10. The monoisotopic (exact) mass is 285 g/mol. The van der Waals surface area contributed by atoms with E-state index in [9.17, 15) is 0 Å². The summed E-state index contributed by atoms with van der Waals surface area (Å²) in [6.07, 6.45) is 0. The fourth-order valence-electron chi connectivity index (χ4n) is 1.08.